The largest absolute Gasteiger partial charge is 0.496 e. The summed E-state index contributed by atoms with van der Waals surface area (Å²) in [7, 11) is 1.62. The van der Waals surface area contributed by atoms with Gasteiger partial charge in [-0.2, -0.15) is 0 Å². The number of ether oxygens (including phenoxy) is 1. The fourth-order valence-electron chi connectivity index (χ4n) is 1.60. The van der Waals surface area contributed by atoms with Crippen LogP contribution in [0.15, 0.2) is 45.8 Å². The van der Waals surface area contributed by atoms with Gasteiger partial charge in [0.1, 0.15) is 11.6 Å². The van der Waals surface area contributed by atoms with Gasteiger partial charge in [0.05, 0.1) is 7.11 Å². The highest BCUT2D eigenvalue weighted by Gasteiger charge is 2.07. The third-order valence-electron chi connectivity index (χ3n) is 2.59. The van der Waals surface area contributed by atoms with Crippen LogP contribution in [-0.2, 0) is 5.75 Å². The fourth-order valence-corrected chi connectivity index (χ4v) is 3.29. The van der Waals surface area contributed by atoms with Gasteiger partial charge in [-0.25, -0.2) is 4.39 Å². The lowest BCUT2D eigenvalue weighted by molar-refractivity contribution is 0.405. The standard InChI is InChI=1S/C14H13BrFNOS/c1-18-13-7-11(17)4-5-14(13)19-8-9-2-3-10(16)6-12(9)15/h2-7H,8,17H2,1H3. The zero-order chi connectivity index (χ0) is 13.8. The summed E-state index contributed by atoms with van der Waals surface area (Å²) in [6, 6.07) is 10.3. The van der Waals surface area contributed by atoms with Gasteiger partial charge in [0.15, 0.2) is 0 Å². The lowest BCUT2D eigenvalue weighted by atomic mass is 10.2. The third kappa shape index (κ3) is 3.64. The van der Waals surface area contributed by atoms with Crippen molar-refractivity contribution in [3.05, 3.63) is 52.3 Å². The van der Waals surface area contributed by atoms with Crippen LogP contribution in [0.5, 0.6) is 5.75 Å². The van der Waals surface area contributed by atoms with E-state index in [1.54, 1.807) is 31.0 Å². The molecule has 0 saturated heterocycles. The van der Waals surface area contributed by atoms with Gasteiger partial charge < -0.3 is 10.5 Å². The van der Waals surface area contributed by atoms with Crippen molar-refractivity contribution >= 4 is 33.4 Å². The molecule has 0 atom stereocenters. The predicted molar refractivity (Wildman–Crippen MR) is 81.1 cm³/mol. The molecule has 0 heterocycles. The molecule has 0 aliphatic heterocycles. The van der Waals surface area contributed by atoms with Crippen molar-refractivity contribution in [1.82, 2.24) is 0 Å². The molecular formula is C14H13BrFNOS. The molecule has 0 spiro atoms. The van der Waals surface area contributed by atoms with Crippen LogP contribution in [0.25, 0.3) is 0 Å². The molecular weight excluding hydrogens is 329 g/mol. The Morgan fingerprint density at radius 1 is 1.26 bits per heavy atom. The van der Waals surface area contributed by atoms with E-state index in [2.05, 4.69) is 15.9 Å². The average molecular weight is 342 g/mol. The minimum absolute atomic E-state index is 0.245. The molecule has 0 unspecified atom stereocenters. The molecule has 2 aromatic carbocycles. The Balaban J connectivity index is 2.14. The second-order valence-corrected chi connectivity index (χ2v) is 5.81. The van der Waals surface area contributed by atoms with E-state index in [1.165, 1.54) is 12.1 Å². The maximum Gasteiger partial charge on any atom is 0.134 e. The summed E-state index contributed by atoms with van der Waals surface area (Å²) >= 11 is 4.98. The van der Waals surface area contributed by atoms with Gasteiger partial charge in [0.2, 0.25) is 0 Å². The van der Waals surface area contributed by atoms with E-state index in [4.69, 9.17) is 10.5 Å². The third-order valence-corrected chi connectivity index (χ3v) is 4.43. The fraction of sp³-hybridized carbons (Fsp3) is 0.143. The first kappa shape index (κ1) is 14.2. The first-order valence-electron chi connectivity index (χ1n) is 5.60. The van der Waals surface area contributed by atoms with Crippen LogP contribution in [0.3, 0.4) is 0 Å². The number of thioether (sulfide) groups is 1. The van der Waals surface area contributed by atoms with E-state index in [0.717, 1.165) is 26.4 Å². The molecule has 0 aromatic heterocycles. The quantitative estimate of drug-likeness (QED) is 0.658. The van der Waals surface area contributed by atoms with Crippen LogP contribution in [-0.4, -0.2) is 7.11 Å². The SMILES string of the molecule is COc1cc(N)ccc1SCc1ccc(F)cc1Br. The molecule has 0 saturated carbocycles. The van der Waals surface area contributed by atoms with E-state index < -0.39 is 0 Å². The number of halogens is 2. The predicted octanol–water partition coefficient (Wildman–Crippen LogP) is 4.47. The molecule has 2 aromatic rings. The highest BCUT2D eigenvalue weighted by atomic mass is 79.9. The van der Waals surface area contributed by atoms with Gasteiger partial charge in [0.25, 0.3) is 0 Å². The van der Waals surface area contributed by atoms with Crippen LogP contribution in [0.1, 0.15) is 5.56 Å². The monoisotopic (exact) mass is 341 g/mol. The minimum atomic E-state index is -0.245. The number of nitrogen functional groups attached to an aromatic ring is 1. The number of rotatable bonds is 4. The molecule has 100 valence electrons. The summed E-state index contributed by atoms with van der Waals surface area (Å²) in [5, 5.41) is 0. The number of nitrogens with two attached hydrogens (primary N) is 1. The van der Waals surface area contributed by atoms with Crippen LogP contribution in [0.4, 0.5) is 10.1 Å². The Hall–Kier alpha value is -1.20. The first-order valence-corrected chi connectivity index (χ1v) is 7.38. The molecule has 0 amide bonds. The molecule has 0 radical (unpaired) electrons. The van der Waals surface area contributed by atoms with Gasteiger partial charge in [-0.1, -0.05) is 22.0 Å². The van der Waals surface area contributed by atoms with Crippen LogP contribution in [0, 0.1) is 5.82 Å². The van der Waals surface area contributed by atoms with E-state index in [9.17, 15) is 4.39 Å². The highest BCUT2D eigenvalue weighted by molar-refractivity contribution is 9.10. The van der Waals surface area contributed by atoms with Gasteiger partial charge in [-0.05, 0) is 29.8 Å². The summed E-state index contributed by atoms with van der Waals surface area (Å²) in [6.07, 6.45) is 0. The average Bonchev–Trinajstić information content (AvgIpc) is 2.39. The number of methoxy groups -OCH3 is 1. The number of benzene rings is 2. The Morgan fingerprint density at radius 2 is 2.05 bits per heavy atom. The Bertz CT molecular complexity index is 592. The smallest absolute Gasteiger partial charge is 0.134 e. The van der Waals surface area contributed by atoms with Crippen molar-refractivity contribution in [3.63, 3.8) is 0 Å². The number of anilines is 1. The lowest BCUT2D eigenvalue weighted by Gasteiger charge is -2.09. The van der Waals surface area contributed by atoms with Gasteiger partial charge in [-0.3, -0.25) is 0 Å². The molecule has 19 heavy (non-hydrogen) atoms. The molecule has 2 nitrogen and oxygen atoms in total. The molecule has 0 bridgehead atoms. The van der Waals surface area contributed by atoms with Crippen molar-refractivity contribution in [1.29, 1.82) is 0 Å². The highest BCUT2D eigenvalue weighted by Crippen LogP contribution is 2.34. The first-order chi connectivity index (χ1) is 9.10. The maximum atomic E-state index is 13.0. The Morgan fingerprint density at radius 3 is 2.74 bits per heavy atom. The van der Waals surface area contributed by atoms with Crippen LogP contribution >= 0.6 is 27.7 Å². The van der Waals surface area contributed by atoms with Gasteiger partial charge in [-0.15, -0.1) is 11.8 Å². The molecule has 2 N–H and O–H groups in total. The number of hydrogen-bond acceptors (Lipinski definition) is 3. The van der Waals surface area contributed by atoms with Crippen molar-refractivity contribution in [3.8, 4) is 5.75 Å². The van der Waals surface area contributed by atoms with E-state index in [0.29, 0.717) is 5.69 Å². The van der Waals surface area contributed by atoms with Gasteiger partial charge in [0, 0.05) is 26.9 Å². The Kier molecular flexibility index (Phi) is 4.71. The second-order valence-electron chi connectivity index (χ2n) is 3.93. The zero-order valence-corrected chi connectivity index (χ0v) is 12.7. The van der Waals surface area contributed by atoms with E-state index >= 15 is 0 Å². The maximum absolute atomic E-state index is 13.0. The Labute approximate surface area is 124 Å². The minimum Gasteiger partial charge on any atom is -0.496 e. The van der Waals surface area contributed by atoms with Crippen molar-refractivity contribution in [2.24, 2.45) is 0 Å². The molecule has 2 rings (SSSR count). The van der Waals surface area contributed by atoms with Crippen LogP contribution in [0.2, 0.25) is 0 Å². The lowest BCUT2D eigenvalue weighted by Crippen LogP contribution is -1.91. The van der Waals surface area contributed by atoms with Crippen LogP contribution < -0.4 is 10.5 Å². The normalized spacial score (nSPS) is 10.5. The van der Waals surface area contributed by atoms with E-state index in [1.807, 2.05) is 12.1 Å². The molecule has 0 fully saturated rings. The summed E-state index contributed by atoms with van der Waals surface area (Å²) in [6.45, 7) is 0. The van der Waals surface area contributed by atoms with E-state index in [-0.39, 0.29) is 5.82 Å². The molecule has 5 heteroatoms. The molecule has 0 aliphatic rings. The second kappa shape index (κ2) is 6.30. The topological polar surface area (TPSA) is 35.2 Å². The van der Waals surface area contributed by atoms with Crippen molar-refractivity contribution < 1.29 is 9.13 Å². The summed E-state index contributed by atoms with van der Waals surface area (Å²) < 4.78 is 19.1. The zero-order valence-electron chi connectivity index (χ0n) is 10.3. The summed E-state index contributed by atoms with van der Waals surface area (Å²) in [4.78, 5) is 1.01. The van der Waals surface area contributed by atoms with Gasteiger partial charge >= 0.3 is 0 Å². The molecule has 0 aliphatic carbocycles. The van der Waals surface area contributed by atoms with Crippen molar-refractivity contribution in [2.75, 3.05) is 12.8 Å². The van der Waals surface area contributed by atoms with Crippen molar-refractivity contribution in [2.45, 2.75) is 10.6 Å². The summed E-state index contributed by atoms with van der Waals surface area (Å²) in [5.41, 5.74) is 7.42. The number of hydrogen-bond donors (Lipinski definition) is 1. The summed E-state index contributed by atoms with van der Waals surface area (Å²) in [5.74, 6) is 1.23.